The highest BCUT2D eigenvalue weighted by atomic mass is 16.5. The number of hydrogen-bond donors (Lipinski definition) is 1. The minimum atomic E-state index is -0.218. The van der Waals surface area contributed by atoms with Crippen LogP contribution in [0.2, 0.25) is 0 Å². The number of carbonyl (C=O) groups is 1. The third-order valence-electron chi connectivity index (χ3n) is 3.94. The van der Waals surface area contributed by atoms with Crippen LogP contribution in [0.25, 0.3) is 6.08 Å². The minimum Gasteiger partial charge on any atom is -0.489 e. The lowest BCUT2D eigenvalue weighted by atomic mass is 10.1. The number of carbonyl (C=O) groups excluding carboxylic acids is 1. The Morgan fingerprint density at radius 1 is 1.07 bits per heavy atom. The van der Waals surface area contributed by atoms with Crippen molar-refractivity contribution in [1.82, 2.24) is 4.98 Å². The van der Waals surface area contributed by atoms with Crippen LogP contribution in [0, 0.1) is 11.3 Å². The number of pyridine rings is 1. The summed E-state index contributed by atoms with van der Waals surface area (Å²) in [5, 5.41) is 11.5. The van der Waals surface area contributed by atoms with E-state index in [1.165, 1.54) is 6.08 Å². The molecule has 0 aliphatic heterocycles. The molecule has 2 aromatic carbocycles. The molecule has 0 saturated heterocycles. The van der Waals surface area contributed by atoms with Crippen LogP contribution in [0.5, 0.6) is 5.75 Å². The number of anilines is 1. The summed E-state index contributed by atoms with van der Waals surface area (Å²) in [6.07, 6.45) is 7.08. The second-order valence-corrected chi connectivity index (χ2v) is 6.07. The molecule has 1 heterocycles. The van der Waals surface area contributed by atoms with Gasteiger partial charge in [-0.2, -0.15) is 5.26 Å². The van der Waals surface area contributed by atoms with Gasteiger partial charge in [-0.25, -0.2) is 0 Å². The molecule has 0 fully saturated rings. The normalized spacial score (nSPS) is 10.4. The number of rotatable bonds is 7. The van der Waals surface area contributed by atoms with Gasteiger partial charge in [-0.05, 0) is 47.5 Å². The summed E-state index contributed by atoms with van der Waals surface area (Å²) < 4.78 is 5.72. The Balaban J connectivity index is 1.50. The van der Waals surface area contributed by atoms with Gasteiger partial charge in [-0.3, -0.25) is 9.78 Å². The molecule has 0 radical (unpaired) electrons. The number of aromatic nitrogens is 1. The van der Waals surface area contributed by atoms with Gasteiger partial charge in [0, 0.05) is 29.7 Å². The first-order valence-corrected chi connectivity index (χ1v) is 8.80. The van der Waals surface area contributed by atoms with E-state index in [2.05, 4.69) is 16.4 Å². The van der Waals surface area contributed by atoms with Crippen LogP contribution in [0.1, 0.15) is 16.7 Å². The maximum atomic E-state index is 12.0. The maximum Gasteiger partial charge on any atom is 0.248 e. The fourth-order valence-corrected chi connectivity index (χ4v) is 2.48. The predicted molar refractivity (Wildman–Crippen MR) is 108 cm³/mol. The molecule has 138 valence electrons. The lowest BCUT2D eigenvalue weighted by Gasteiger charge is -2.06. The van der Waals surface area contributed by atoms with Gasteiger partial charge in [0.15, 0.2) is 0 Å². The van der Waals surface area contributed by atoms with E-state index >= 15 is 0 Å². The fourth-order valence-electron chi connectivity index (χ4n) is 2.48. The number of nitrogens with one attached hydrogen (secondary N) is 1. The van der Waals surface area contributed by atoms with E-state index in [-0.39, 0.29) is 5.91 Å². The first-order valence-electron chi connectivity index (χ1n) is 8.80. The van der Waals surface area contributed by atoms with Gasteiger partial charge >= 0.3 is 0 Å². The van der Waals surface area contributed by atoms with Gasteiger partial charge in [0.2, 0.25) is 5.91 Å². The third kappa shape index (κ3) is 5.82. The number of nitrogens with zero attached hydrogens (tertiary/aromatic N) is 2. The van der Waals surface area contributed by atoms with Gasteiger partial charge in [0.05, 0.1) is 12.5 Å². The first kappa shape index (κ1) is 18.9. The molecule has 0 atom stereocenters. The van der Waals surface area contributed by atoms with E-state index in [9.17, 15) is 4.79 Å². The summed E-state index contributed by atoms with van der Waals surface area (Å²) in [6.45, 7) is 0.457. The maximum absolute atomic E-state index is 12.0. The molecule has 28 heavy (non-hydrogen) atoms. The van der Waals surface area contributed by atoms with Gasteiger partial charge < -0.3 is 10.1 Å². The highest BCUT2D eigenvalue weighted by Crippen LogP contribution is 2.15. The minimum absolute atomic E-state index is 0.218. The molecule has 1 amide bonds. The summed E-state index contributed by atoms with van der Waals surface area (Å²) in [5.41, 5.74) is 3.51. The van der Waals surface area contributed by atoms with Crippen LogP contribution in [0.15, 0.2) is 79.1 Å². The average Bonchev–Trinajstić information content (AvgIpc) is 2.74. The van der Waals surface area contributed by atoms with Crippen LogP contribution in [0.4, 0.5) is 5.69 Å². The smallest absolute Gasteiger partial charge is 0.248 e. The second-order valence-electron chi connectivity index (χ2n) is 6.07. The van der Waals surface area contributed by atoms with Gasteiger partial charge in [-0.15, -0.1) is 0 Å². The molecule has 0 unspecified atom stereocenters. The molecule has 0 saturated carbocycles. The monoisotopic (exact) mass is 369 g/mol. The van der Waals surface area contributed by atoms with Crippen LogP contribution in [0.3, 0.4) is 0 Å². The second kappa shape index (κ2) is 9.70. The summed E-state index contributed by atoms with van der Waals surface area (Å²) >= 11 is 0. The van der Waals surface area contributed by atoms with E-state index in [1.807, 2.05) is 48.5 Å². The molecular formula is C23H19N3O2. The first-order chi connectivity index (χ1) is 13.7. The number of ether oxygens (including phenoxy) is 1. The molecule has 1 aromatic heterocycles. The molecule has 0 aliphatic rings. The van der Waals surface area contributed by atoms with E-state index < -0.39 is 0 Å². The van der Waals surface area contributed by atoms with Crippen molar-refractivity contribution < 1.29 is 9.53 Å². The van der Waals surface area contributed by atoms with Gasteiger partial charge in [0.25, 0.3) is 0 Å². The molecule has 0 spiro atoms. The molecule has 3 aromatic rings. The molecule has 5 heteroatoms. The van der Waals surface area contributed by atoms with Crippen LogP contribution in [-0.2, 0) is 17.8 Å². The summed E-state index contributed by atoms with van der Waals surface area (Å²) in [7, 11) is 0. The van der Waals surface area contributed by atoms with Crippen molar-refractivity contribution in [2.75, 3.05) is 5.32 Å². The zero-order valence-electron chi connectivity index (χ0n) is 15.2. The lowest BCUT2D eigenvalue weighted by molar-refractivity contribution is -0.111. The van der Waals surface area contributed by atoms with Crippen LogP contribution >= 0.6 is 0 Å². The molecule has 5 nitrogen and oxygen atoms in total. The van der Waals surface area contributed by atoms with E-state index in [1.54, 1.807) is 30.6 Å². The number of hydrogen-bond acceptors (Lipinski definition) is 4. The van der Waals surface area contributed by atoms with Crippen molar-refractivity contribution in [2.24, 2.45) is 0 Å². The Labute approximate surface area is 163 Å². The fraction of sp³-hybridized carbons (Fsp3) is 0.0870. The molecule has 0 bridgehead atoms. The van der Waals surface area contributed by atoms with Crippen molar-refractivity contribution in [1.29, 1.82) is 5.26 Å². The van der Waals surface area contributed by atoms with Crippen molar-refractivity contribution in [3.63, 3.8) is 0 Å². The van der Waals surface area contributed by atoms with Crippen molar-refractivity contribution in [3.05, 3.63) is 95.8 Å². The molecule has 3 rings (SSSR count). The van der Waals surface area contributed by atoms with E-state index in [0.717, 1.165) is 22.4 Å². The van der Waals surface area contributed by atoms with Gasteiger partial charge in [-0.1, -0.05) is 30.3 Å². The van der Waals surface area contributed by atoms with Crippen molar-refractivity contribution in [2.45, 2.75) is 13.0 Å². The number of nitriles is 1. The summed E-state index contributed by atoms with van der Waals surface area (Å²) in [5.74, 6) is 0.535. The van der Waals surface area contributed by atoms with Crippen molar-refractivity contribution >= 4 is 17.7 Å². The third-order valence-corrected chi connectivity index (χ3v) is 3.94. The standard InChI is InChI=1S/C23H19N3O2/c24-14-13-19-3-8-21(9-4-19)26-23(27)12-7-18-5-10-22(11-6-18)28-17-20-2-1-15-25-16-20/h1-12,15-16H,13,17H2,(H,26,27)/b12-7+. The Morgan fingerprint density at radius 3 is 2.54 bits per heavy atom. The van der Waals surface area contributed by atoms with E-state index in [4.69, 9.17) is 10.00 Å². The quantitative estimate of drug-likeness (QED) is 0.627. The SMILES string of the molecule is N#CCc1ccc(NC(=O)/C=C/c2ccc(OCc3cccnc3)cc2)cc1. The van der Waals surface area contributed by atoms with E-state index in [0.29, 0.717) is 18.7 Å². The zero-order valence-corrected chi connectivity index (χ0v) is 15.2. The van der Waals surface area contributed by atoms with Gasteiger partial charge in [0.1, 0.15) is 12.4 Å². The molecular weight excluding hydrogens is 350 g/mol. The number of benzene rings is 2. The lowest BCUT2D eigenvalue weighted by Crippen LogP contribution is -2.07. The largest absolute Gasteiger partial charge is 0.489 e. The Hall–Kier alpha value is -3.91. The van der Waals surface area contributed by atoms with Crippen molar-refractivity contribution in [3.8, 4) is 11.8 Å². The average molecular weight is 369 g/mol. The Bertz CT molecular complexity index is 973. The summed E-state index contributed by atoms with van der Waals surface area (Å²) in [6, 6.07) is 20.6. The Kier molecular flexibility index (Phi) is 6.53. The zero-order chi connectivity index (χ0) is 19.6. The highest BCUT2D eigenvalue weighted by molar-refractivity contribution is 6.01. The van der Waals surface area contributed by atoms with Crippen LogP contribution in [-0.4, -0.2) is 10.9 Å². The van der Waals surface area contributed by atoms with Crippen LogP contribution < -0.4 is 10.1 Å². The number of amides is 1. The molecule has 0 aliphatic carbocycles. The summed E-state index contributed by atoms with van der Waals surface area (Å²) in [4.78, 5) is 16.1. The highest BCUT2D eigenvalue weighted by Gasteiger charge is 2.00. The Morgan fingerprint density at radius 2 is 1.86 bits per heavy atom. The molecule has 1 N–H and O–H groups in total. The topological polar surface area (TPSA) is 75.0 Å². The predicted octanol–water partition coefficient (Wildman–Crippen LogP) is 4.38.